The molecule has 0 aliphatic heterocycles. The van der Waals surface area contributed by atoms with Crippen molar-refractivity contribution in [3.63, 3.8) is 0 Å². The van der Waals surface area contributed by atoms with Crippen LogP contribution in [0.25, 0.3) is 11.1 Å². The highest BCUT2D eigenvalue weighted by Gasteiger charge is 2.22. The quantitative estimate of drug-likeness (QED) is 0.705. The zero-order valence-corrected chi connectivity index (χ0v) is 15.0. The highest BCUT2D eigenvalue weighted by Crippen LogP contribution is 2.38. The maximum atomic E-state index is 14.4. The highest BCUT2D eigenvalue weighted by atomic mass is 19.1. The zero-order valence-electron chi connectivity index (χ0n) is 15.0. The lowest BCUT2D eigenvalue weighted by Crippen LogP contribution is -2.14. The molecule has 0 spiro atoms. The lowest BCUT2D eigenvalue weighted by molar-refractivity contribution is 0.410. The number of nitrogens with zero attached hydrogens (tertiary/aromatic N) is 1. The van der Waals surface area contributed by atoms with Crippen LogP contribution in [0.2, 0.25) is 0 Å². The molecule has 0 saturated heterocycles. The summed E-state index contributed by atoms with van der Waals surface area (Å²) >= 11 is 0. The number of ether oxygens (including phenoxy) is 1. The van der Waals surface area contributed by atoms with Gasteiger partial charge < -0.3 is 4.74 Å². The Labute approximate surface area is 144 Å². The summed E-state index contributed by atoms with van der Waals surface area (Å²) in [6, 6.07) is 7.59. The molecule has 0 atom stereocenters. The SMILES string of the molecule is COc1cc(F)c(C(C)(C)C)cc1-c1ccc(C2CCCC2)nc1. The molecule has 2 nitrogen and oxygen atoms in total. The molecular weight excluding hydrogens is 301 g/mol. The van der Waals surface area contributed by atoms with Gasteiger partial charge >= 0.3 is 0 Å². The summed E-state index contributed by atoms with van der Waals surface area (Å²) < 4.78 is 19.8. The Kier molecular flexibility index (Phi) is 4.62. The van der Waals surface area contributed by atoms with Crippen LogP contribution in [0.1, 0.15) is 63.6 Å². The van der Waals surface area contributed by atoms with Crippen molar-refractivity contribution in [1.29, 1.82) is 0 Å². The minimum Gasteiger partial charge on any atom is -0.496 e. The monoisotopic (exact) mass is 327 g/mol. The molecule has 1 aromatic heterocycles. The van der Waals surface area contributed by atoms with Crippen LogP contribution < -0.4 is 4.74 Å². The summed E-state index contributed by atoms with van der Waals surface area (Å²) in [6.45, 7) is 6.05. The van der Waals surface area contributed by atoms with Gasteiger partial charge in [0.2, 0.25) is 0 Å². The number of hydrogen-bond acceptors (Lipinski definition) is 2. The van der Waals surface area contributed by atoms with Crippen LogP contribution in [0.4, 0.5) is 4.39 Å². The first-order valence-electron chi connectivity index (χ1n) is 8.74. The molecule has 1 aromatic carbocycles. The molecule has 0 unspecified atom stereocenters. The molecule has 1 fully saturated rings. The van der Waals surface area contributed by atoms with E-state index in [1.54, 1.807) is 7.11 Å². The molecule has 0 N–H and O–H groups in total. The van der Waals surface area contributed by atoms with E-state index in [1.807, 2.05) is 33.0 Å². The Morgan fingerprint density at radius 3 is 2.38 bits per heavy atom. The highest BCUT2D eigenvalue weighted by molar-refractivity contribution is 5.71. The van der Waals surface area contributed by atoms with Gasteiger partial charge in [0.05, 0.1) is 7.11 Å². The van der Waals surface area contributed by atoms with Crippen molar-refractivity contribution < 1.29 is 9.13 Å². The van der Waals surface area contributed by atoms with E-state index in [2.05, 4.69) is 17.1 Å². The van der Waals surface area contributed by atoms with E-state index in [4.69, 9.17) is 4.74 Å². The normalized spacial score (nSPS) is 15.7. The minimum atomic E-state index is -0.262. The van der Waals surface area contributed by atoms with Crippen LogP contribution in [0.3, 0.4) is 0 Å². The van der Waals surface area contributed by atoms with Crippen LogP contribution >= 0.6 is 0 Å². The molecule has 24 heavy (non-hydrogen) atoms. The van der Waals surface area contributed by atoms with E-state index < -0.39 is 0 Å². The third-order valence-corrected chi connectivity index (χ3v) is 4.97. The smallest absolute Gasteiger partial charge is 0.130 e. The average Bonchev–Trinajstić information content (AvgIpc) is 3.08. The largest absolute Gasteiger partial charge is 0.496 e. The predicted molar refractivity (Wildman–Crippen MR) is 96.1 cm³/mol. The number of methoxy groups -OCH3 is 1. The molecule has 3 heteroatoms. The number of pyridine rings is 1. The molecule has 0 bridgehead atoms. The number of halogens is 1. The van der Waals surface area contributed by atoms with Crippen LogP contribution in [0.15, 0.2) is 30.5 Å². The molecule has 2 aromatic rings. The number of benzene rings is 1. The molecule has 0 radical (unpaired) electrons. The van der Waals surface area contributed by atoms with Crippen LogP contribution in [0.5, 0.6) is 5.75 Å². The second-order valence-corrected chi connectivity index (χ2v) is 7.74. The van der Waals surface area contributed by atoms with Crippen molar-refractivity contribution >= 4 is 0 Å². The van der Waals surface area contributed by atoms with E-state index >= 15 is 0 Å². The summed E-state index contributed by atoms with van der Waals surface area (Å²) in [5.74, 6) is 0.925. The molecular formula is C21H26FNO. The lowest BCUT2D eigenvalue weighted by atomic mass is 9.84. The predicted octanol–water partition coefficient (Wildman–Crippen LogP) is 5.85. The van der Waals surface area contributed by atoms with Crippen molar-refractivity contribution in [2.24, 2.45) is 0 Å². The molecule has 128 valence electrons. The van der Waals surface area contributed by atoms with Gasteiger partial charge in [0.1, 0.15) is 11.6 Å². The standard InChI is InChI=1S/C21H26FNO/c1-21(2,3)17-11-16(20(24-4)12-18(17)22)15-9-10-19(23-13-15)14-7-5-6-8-14/h9-14H,5-8H2,1-4H3. The van der Waals surface area contributed by atoms with E-state index in [1.165, 1.54) is 37.4 Å². The number of hydrogen-bond donors (Lipinski definition) is 0. The van der Waals surface area contributed by atoms with Crippen molar-refractivity contribution in [3.05, 3.63) is 47.5 Å². The fourth-order valence-corrected chi connectivity index (χ4v) is 3.55. The van der Waals surface area contributed by atoms with E-state index in [9.17, 15) is 4.39 Å². The topological polar surface area (TPSA) is 22.1 Å². The van der Waals surface area contributed by atoms with E-state index in [-0.39, 0.29) is 11.2 Å². The van der Waals surface area contributed by atoms with Gasteiger partial charge in [-0.15, -0.1) is 0 Å². The Morgan fingerprint density at radius 1 is 1.12 bits per heavy atom. The summed E-state index contributed by atoms with van der Waals surface area (Å²) in [5, 5.41) is 0. The first kappa shape index (κ1) is 16.9. The third-order valence-electron chi connectivity index (χ3n) is 4.97. The van der Waals surface area contributed by atoms with E-state index in [0.29, 0.717) is 17.2 Å². The zero-order chi connectivity index (χ0) is 17.3. The van der Waals surface area contributed by atoms with Gasteiger partial charge in [-0.1, -0.05) is 39.7 Å². The molecule has 1 aliphatic carbocycles. The van der Waals surface area contributed by atoms with Crippen molar-refractivity contribution in [3.8, 4) is 16.9 Å². The maximum Gasteiger partial charge on any atom is 0.130 e. The Hall–Kier alpha value is -1.90. The first-order chi connectivity index (χ1) is 11.4. The van der Waals surface area contributed by atoms with Gasteiger partial charge in [0.15, 0.2) is 0 Å². The van der Waals surface area contributed by atoms with E-state index in [0.717, 1.165) is 11.1 Å². The molecule has 1 heterocycles. The van der Waals surface area contributed by atoms with Gasteiger partial charge in [0.25, 0.3) is 0 Å². The second kappa shape index (κ2) is 6.54. The Morgan fingerprint density at radius 2 is 1.83 bits per heavy atom. The molecule has 0 amide bonds. The first-order valence-corrected chi connectivity index (χ1v) is 8.74. The molecule has 1 aliphatic rings. The van der Waals surface area contributed by atoms with Crippen molar-refractivity contribution in [2.45, 2.75) is 57.8 Å². The van der Waals surface area contributed by atoms with Gasteiger partial charge in [-0.05, 0) is 36.0 Å². The van der Waals surface area contributed by atoms with Gasteiger partial charge in [-0.3, -0.25) is 4.98 Å². The molecule has 1 saturated carbocycles. The van der Waals surface area contributed by atoms with Gasteiger partial charge in [0, 0.05) is 35.0 Å². The Balaban J connectivity index is 2.01. The van der Waals surface area contributed by atoms with Gasteiger partial charge in [-0.25, -0.2) is 4.39 Å². The van der Waals surface area contributed by atoms with Crippen LogP contribution in [-0.4, -0.2) is 12.1 Å². The summed E-state index contributed by atoms with van der Waals surface area (Å²) in [5.41, 5.74) is 3.47. The Bertz CT molecular complexity index is 710. The minimum absolute atomic E-state index is 0.223. The van der Waals surface area contributed by atoms with Crippen molar-refractivity contribution in [2.75, 3.05) is 7.11 Å². The fourth-order valence-electron chi connectivity index (χ4n) is 3.55. The summed E-state index contributed by atoms with van der Waals surface area (Å²) in [6.07, 6.45) is 6.97. The fraction of sp³-hybridized carbons (Fsp3) is 0.476. The second-order valence-electron chi connectivity index (χ2n) is 7.74. The lowest BCUT2D eigenvalue weighted by Gasteiger charge is -2.22. The third kappa shape index (κ3) is 3.31. The van der Waals surface area contributed by atoms with Gasteiger partial charge in [-0.2, -0.15) is 0 Å². The maximum absolute atomic E-state index is 14.4. The summed E-state index contributed by atoms with van der Waals surface area (Å²) in [4.78, 5) is 4.68. The molecule has 3 rings (SSSR count). The summed E-state index contributed by atoms with van der Waals surface area (Å²) in [7, 11) is 1.58. The number of aromatic nitrogens is 1. The van der Waals surface area contributed by atoms with Crippen molar-refractivity contribution in [1.82, 2.24) is 4.98 Å². The average molecular weight is 327 g/mol. The number of rotatable bonds is 3. The van der Waals surface area contributed by atoms with Crippen LogP contribution in [-0.2, 0) is 5.41 Å². The van der Waals surface area contributed by atoms with Crippen LogP contribution in [0, 0.1) is 5.82 Å².